The Morgan fingerprint density at radius 3 is 2.31 bits per heavy atom. The van der Waals surface area contributed by atoms with Crippen molar-refractivity contribution in [2.24, 2.45) is 5.41 Å². The first-order chi connectivity index (χ1) is 5.92. The monoisotopic (exact) mass is 187 g/mol. The Morgan fingerprint density at radius 2 is 1.85 bits per heavy atom. The second-order valence-corrected chi connectivity index (χ2v) is 5.08. The van der Waals surface area contributed by atoms with Crippen molar-refractivity contribution in [1.29, 1.82) is 0 Å². The standard InChI is InChI=1S/C11H25NO/c1-10(2)12-7-6-8-13-9-11(3,4)5/h10,12H,6-9H2,1-5H3. The lowest BCUT2D eigenvalue weighted by atomic mass is 9.99. The minimum absolute atomic E-state index is 0.297. The molecule has 2 nitrogen and oxygen atoms in total. The maximum absolute atomic E-state index is 5.54. The van der Waals surface area contributed by atoms with Crippen LogP contribution in [0.15, 0.2) is 0 Å². The average molecular weight is 187 g/mol. The van der Waals surface area contributed by atoms with Crippen LogP contribution < -0.4 is 5.32 Å². The molecule has 0 aliphatic rings. The lowest BCUT2D eigenvalue weighted by molar-refractivity contribution is 0.0696. The minimum atomic E-state index is 0.297. The van der Waals surface area contributed by atoms with E-state index in [1.807, 2.05) is 0 Å². The highest BCUT2D eigenvalue weighted by Crippen LogP contribution is 2.12. The summed E-state index contributed by atoms with van der Waals surface area (Å²) >= 11 is 0. The van der Waals surface area contributed by atoms with E-state index in [0.29, 0.717) is 11.5 Å². The molecule has 0 saturated heterocycles. The van der Waals surface area contributed by atoms with Gasteiger partial charge in [-0.1, -0.05) is 34.6 Å². The van der Waals surface area contributed by atoms with Crippen LogP contribution in [0.4, 0.5) is 0 Å². The molecule has 0 spiro atoms. The zero-order valence-electron chi connectivity index (χ0n) is 9.81. The molecule has 0 aromatic heterocycles. The van der Waals surface area contributed by atoms with E-state index < -0.39 is 0 Å². The molecule has 0 radical (unpaired) electrons. The van der Waals surface area contributed by atoms with Crippen LogP contribution in [0.25, 0.3) is 0 Å². The van der Waals surface area contributed by atoms with E-state index in [1.165, 1.54) is 0 Å². The third kappa shape index (κ3) is 11.9. The van der Waals surface area contributed by atoms with E-state index in [9.17, 15) is 0 Å². The number of ether oxygens (including phenoxy) is 1. The van der Waals surface area contributed by atoms with Crippen LogP contribution in [0.3, 0.4) is 0 Å². The maximum Gasteiger partial charge on any atom is 0.0514 e. The molecule has 0 aliphatic heterocycles. The van der Waals surface area contributed by atoms with Gasteiger partial charge >= 0.3 is 0 Å². The van der Waals surface area contributed by atoms with Gasteiger partial charge in [0.15, 0.2) is 0 Å². The highest BCUT2D eigenvalue weighted by atomic mass is 16.5. The van der Waals surface area contributed by atoms with Crippen LogP contribution in [0, 0.1) is 5.41 Å². The normalized spacial score (nSPS) is 12.5. The smallest absolute Gasteiger partial charge is 0.0514 e. The Kier molecular flexibility index (Phi) is 6.35. The summed E-state index contributed by atoms with van der Waals surface area (Å²) in [7, 11) is 0. The maximum atomic E-state index is 5.54. The Balaban J connectivity index is 3.09. The highest BCUT2D eigenvalue weighted by Gasteiger charge is 2.09. The molecule has 0 aromatic rings. The first kappa shape index (κ1) is 12.9. The van der Waals surface area contributed by atoms with Crippen molar-refractivity contribution in [1.82, 2.24) is 5.32 Å². The highest BCUT2D eigenvalue weighted by molar-refractivity contribution is 4.59. The Hall–Kier alpha value is -0.0800. The van der Waals surface area contributed by atoms with Crippen molar-refractivity contribution >= 4 is 0 Å². The van der Waals surface area contributed by atoms with Gasteiger partial charge in [-0.15, -0.1) is 0 Å². The van der Waals surface area contributed by atoms with Gasteiger partial charge in [0.1, 0.15) is 0 Å². The Labute approximate surface area is 83.1 Å². The molecule has 0 unspecified atom stereocenters. The van der Waals surface area contributed by atoms with Crippen molar-refractivity contribution in [2.45, 2.75) is 47.1 Å². The summed E-state index contributed by atoms with van der Waals surface area (Å²) in [5.41, 5.74) is 0.297. The summed E-state index contributed by atoms with van der Waals surface area (Å²) in [5.74, 6) is 0. The Morgan fingerprint density at radius 1 is 1.23 bits per heavy atom. The quantitative estimate of drug-likeness (QED) is 0.645. The van der Waals surface area contributed by atoms with Crippen LogP contribution in [0.2, 0.25) is 0 Å². The molecule has 0 fully saturated rings. The molecule has 13 heavy (non-hydrogen) atoms. The molecule has 0 aromatic carbocycles. The van der Waals surface area contributed by atoms with Crippen molar-refractivity contribution in [3.05, 3.63) is 0 Å². The van der Waals surface area contributed by atoms with E-state index >= 15 is 0 Å². The topological polar surface area (TPSA) is 21.3 Å². The molecule has 2 heteroatoms. The fourth-order valence-corrected chi connectivity index (χ4v) is 0.943. The molecular formula is C11H25NO. The zero-order chi connectivity index (χ0) is 10.3. The predicted molar refractivity (Wildman–Crippen MR) is 58.0 cm³/mol. The molecular weight excluding hydrogens is 162 g/mol. The molecule has 1 N–H and O–H groups in total. The first-order valence-electron chi connectivity index (χ1n) is 5.23. The summed E-state index contributed by atoms with van der Waals surface area (Å²) in [4.78, 5) is 0. The van der Waals surface area contributed by atoms with E-state index in [1.54, 1.807) is 0 Å². The van der Waals surface area contributed by atoms with Gasteiger partial charge in [0.05, 0.1) is 6.61 Å². The van der Waals surface area contributed by atoms with Gasteiger partial charge in [-0.2, -0.15) is 0 Å². The number of hydrogen-bond donors (Lipinski definition) is 1. The van der Waals surface area contributed by atoms with Crippen molar-refractivity contribution in [3.63, 3.8) is 0 Å². The zero-order valence-corrected chi connectivity index (χ0v) is 9.81. The van der Waals surface area contributed by atoms with E-state index in [4.69, 9.17) is 4.74 Å². The van der Waals surface area contributed by atoms with E-state index in [0.717, 1.165) is 26.2 Å². The predicted octanol–water partition coefficient (Wildman–Crippen LogP) is 2.44. The van der Waals surface area contributed by atoms with Gasteiger partial charge in [0.2, 0.25) is 0 Å². The molecule has 0 rings (SSSR count). The molecule has 0 aliphatic carbocycles. The van der Waals surface area contributed by atoms with Gasteiger partial charge in [0.25, 0.3) is 0 Å². The summed E-state index contributed by atoms with van der Waals surface area (Å²) in [6, 6.07) is 0.586. The molecule has 0 heterocycles. The third-order valence-electron chi connectivity index (χ3n) is 1.55. The van der Waals surface area contributed by atoms with Crippen LogP contribution in [0.1, 0.15) is 41.0 Å². The SMILES string of the molecule is CC(C)NCCCOCC(C)(C)C. The summed E-state index contributed by atoms with van der Waals surface area (Å²) in [6.07, 6.45) is 1.11. The van der Waals surface area contributed by atoms with Gasteiger partial charge in [-0.25, -0.2) is 0 Å². The van der Waals surface area contributed by atoms with E-state index in [-0.39, 0.29) is 0 Å². The number of hydrogen-bond acceptors (Lipinski definition) is 2. The minimum Gasteiger partial charge on any atom is -0.381 e. The largest absolute Gasteiger partial charge is 0.381 e. The average Bonchev–Trinajstić information content (AvgIpc) is 1.93. The van der Waals surface area contributed by atoms with Crippen LogP contribution >= 0.6 is 0 Å². The van der Waals surface area contributed by atoms with Gasteiger partial charge in [0, 0.05) is 12.6 Å². The summed E-state index contributed by atoms with van der Waals surface area (Å²) in [6.45, 7) is 13.7. The lowest BCUT2D eigenvalue weighted by Gasteiger charge is -2.18. The van der Waals surface area contributed by atoms with Gasteiger partial charge in [-0.3, -0.25) is 0 Å². The molecule has 0 atom stereocenters. The third-order valence-corrected chi connectivity index (χ3v) is 1.55. The molecule has 0 saturated carbocycles. The second kappa shape index (κ2) is 6.39. The fourth-order valence-electron chi connectivity index (χ4n) is 0.943. The molecule has 0 bridgehead atoms. The number of rotatable bonds is 6. The Bertz CT molecular complexity index is 116. The molecule has 80 valence electrons. The van der Waals surface area contributed by atoms with Crippen molar-refractivity contribution in [3.8, 4) is 0 Å². The van der Waals surface area contributed by atoms with E-state index in [2.05, 4.69) is 39.9 Å². The van der Waals surface area contributed by atoms with Crippen molar-refractivity contribution in [2.75, 3.05) is 19.8 Å². The first-order valence-corrected chi connectivity index (χ1v) is 5.23. The number of nitrogens with one attached hydrogen (secondary N) is 1. The van der Waals surface area contributed by atoms with Crippen LogP contribution in [-0.4, -0.2) is 25.8 Å². The summed E-state index contributed by atoms with van der Waals surface area (Å²) < 4.78 is 5.54. The molecule has 0 amide bonds. The van der Waals surface area contributed by atoms with Crippen LogP contribution in [0.5, 0.6) is 0 Å². The lowest BCUT2D eigenvalue weighted by Crippen LogP contribution is -2.25. The van der Waals surface area contributed by atoms with Crippen molar-refractivity contribution < 1.29 is 4.74 Å². The van der Waals surface area contributed by atoms with Gasteiger partial charge in [-0.05, 0) is 18.4 Å². The van der Waals surface area contributed by atoms with Crippen LogP contribution in [-0.2, 0) is 4.74 Å². The second-order valence-electron chi connectivity index (χ2n) is 5.08. The van der Waals surface area contributed by atoms with Gasteiger partial charge < -0.3 is 10.1 Å². The summed E-state index contributed by atoms with van der Waals surface area (Å²) in [5, 5.41) is 3.36. The fraction of sp³-hybridized carbons (Fsp3) is 1.00.